The third-order valence-electron chi connectivity index (χ3n) is 2.12. The van der Waals surface area contributed by atoms with Crippen LogP contribution in [0.5, 0.6) is 0 Å². The molecule has 18 heavy (non-hydrogen) atoms. The van der Waals surface area contributed by atoms with Crippen LogP contribution in [0.15, 0.2) is 6.33 Å². The molecule has 0 fully saturated rings. The van der Waals surface area contributed by atoms with Gasteiger partial charge in [-0.25, -0.2) is 4.98 Å². The zero-order chi connectivity index (χ0) is 13.6. The van der Waals surface area contributed by atoms with Crippen LogP contribution < -0.4 is 5.32 Å². The van der Waals surface area contributed by atoms with E-state index in [9.17, 15) is 5.11 Å². The predicted molar refractivity (Wildman–Crippen MR) is 65.7 cm³/mol. The molecule has 7 nitrogen and oxygen atoms in total. The third-order valence-corrected chi connectivity index (χ3v) is 2.12. The zero-order valence-corrected chi connectivity index (χ0v) is 11.4. The summed E-state index contributed by atoms with van der Waals surface area (Å²) in [5.41, 5.74) is -0.143. The number of ether oxygens (including phenoxy) is 2. The van der Waals surface area contributed by atoms with Crippen molar-refractivity contribution in [3.63, 3.8) is 0 Å². The van der Waals surface area contributed by atoms with Crippen LogP contribution in [0.4, 0.5) is 0 Å². The Hall–Kier alpha value is -1.02. The minimum absolute atomic E-state index is 0.143. The molecule has 0 bridgehead atoms. The molecule has 7 heteroatoms. The van der Waals surface area contributed by atoms with Crippen molar-refractivity contribution in [2.75, 3.05) is 20.4 Å². The number of aromatic nitrogens is 3. The van der Waals surface area contributed by atoms with Crippen LogP contribution in [0, 0.1) is 0 Å². The highest BCUT2D eigenvalue weighted by atomic mass is 16.6. The van der Waals surface area contributed by atoms with E-state index in [0.717, 1.165) is 0 Å². The Balaban J connectivity index is 2.22. The van der Waals surface area contributed by atoms with Gasteiger partial charge in [-0.05, 0) is 20.8 Å². The number of hydrogen-bond donors (Lipinski definition) is 2. The lowest BCUT2D eigenvalue weighted by molar-refractivity contribution is -0.0830. The maximum absolute atomic E-state index is 9.35. The minimum Gasteiger partial charge on any atom is -0.362 e. The average Bonchev–Trinajstić information content (AvgIpc) is 2.75. The summed E-state index contributed by atoms with van der Waals surface area (Å²) in [6.07, 6.45) is 0.493. The van der Waals surface area contributed by atoms with E-state index in [1.165, 1.54) is 7.11 Å². The van der Waals surface area contributed by atoms with Gasteiger partial charge in [0.05, 0.1) is 18.9 Å². The van der Waals surface area contributed by atoms with Crippen LogP contribution in [0.3, 0.4) is 0 Å². The lowest BCUT2D eigenvalue weighted by Crippen LogP contribution is -2.29. The second-order valence-electron chi connectivity index (χ2n) is 4.85. The zero-order valence-electron chi connectivity index (χ0n) is 11.4. The van der Waals surface area contributed by atoms with Gasteiger partial charge in [0.1, 0.15) is 6.33 Å². The van der Waals surface area contributed by atoms with Crippen LogP contribution in [0.2, 0.25) is 0 Å². The van der Waals surface area contributed by atoms with Crippen LogP contribution >= 0.6 is 0 Å². The van der Waals surface area contributed by atoms with Crippen LogP contribution in [-0.2, 0) is 16.0 Å². The first-order chi connectivity index (χ1) is 8.42. The first-order valence-corrected chi connectivity index (χ1v) is 5.87. The monoisotopic (exact) mass is 258 g/mol. The molecule has 1 aromatic heterocycles. The van der Waals surface area contributed by atoms with Crippen molar-refractivity contribution in [1.82, 2.24) is 20.1 Å². The Labute approximate surface area is 107 Å². The first-order valence-electron chi connectivity index (χ1n) is 5.87. The number of nitrogens with one attached hydrogen (secondary N) is 1. The number of aliphatic hydroxyl groups is 1. The molecular formula is C11H22N4O3. The van der Waals surface area contributed by atoms with E-state index in [2.05, 4.69) is 15.4 Å². The van der Waals surface area contributed by atoms with Crippen molar-refractivity contribution in [3.8, 4) is 0 Å². The van der Waals surface area contributed by atoms with E-state index >= 15 is 0 Å². The Morgan fingerprint density at radius 1 is 1.50 bits per heavy atom. The van der Waals surface area contributed by atoms with E-state index in [1.54, 1.807) is 11.0 Å². The van der Waals surface area contributed by atoms with Gasteiger partial charge in [0.25, 0.3) is 0 Å². The van der Waals surface area contributed by atoms with Gasteiger partial charge in [0, 0.05) is 13.7 Å². The standard InChI is InChI=1S/C11H22N4O3/c1-11(2,3)18-8-12-5-6-15-7-13-9(14-15)10(16)17-4/h7,10,12,16H,5-6,8H2,1-4H3. The fraction of sp³-hybridized carbons (Fsp3) is 0.818. The van der Waals surface area contributed by atoms with E-state index in [-0.39, 0.29) is 11.4 Å². The van der Waals surface area contributed by atoms with Crippen molar-refractivity contribution in [3.05, 3.63) is 12.2 Å². The van der Waals surface area contributed by atoms with Gasteiger partial charge in [-0.1, -0.05) is 0 Å². The van der Waals surface area contributed by atoms with Gasteiger partial charge < -0.3 is 14.6 Å². The van der Waals surface area contributed by atoms with Crippen molar-refractivity contribution in [1.29, 1.82) is 0 Å². The molecule has 1 unspecified atom stereocenters. The molecule has 1 aromatic rings. The highest BCUT2D eigenvalue weighted by Crippen LogP contribution is 2.06. The quantitative estimate of drug-likeness (QED) is 0.540. The molecule has 0 aromatic carbocycles. The normalized spacial score (nSPS) is 13.8. The number of methoxy groups -OCH3 is 1. The van der Waals surface area contributed by atoms with E-state index in [0.29, 0.717) is 19.8 Å². The molecule has 0 aliphatic rings. The van der Waals surface area contributed by atoms with Crippen LogP contribution in [0.1, 0.15) is 32.9 Å². The van der Waals surface area contributed by atoms with Crippen molar-refractivity contribution in [2.45, 2.75) is 39.2 Å². The minimum atomic E-state index is -1.07. The Morgan fingerprint density at radius 3 is 2.83 bits per heavy atom. The topological polar surface area (TPSA) is 81.4 Å². The number of nitrogens with zero attached hydrogens (tertiary/aromatic N) is 3. The maximum Gasteiger partial charge on any atom is 0.218 e. The maximum atomic E-state index is 9.35. The summed E-state index contributed by atoms with van der Waals surface area (Å²) in [5.74, 6) is 0.267. The number of aliphatic hydroxyl groups excluding tert-OH is 1. The molecule has 0 spiro atoms. The molecule has 0 saturated heterocycles. The van der Waals surface area contributed by atoms with Crippen LogP contribution in [-0.4, -0.2) is 45.9 Å². The summed E-state index contributed by atoms with van der Waals surface area (Å²) in [6.45, 7) is 7.87. The van der Waals surface area contributed by atoms with E-state index < -0.39 is 6.29 Å². The lowest BCUT2D eigenvalue weighted by Gasteiger charge is -2.19. The van der Waals surface area contributed by atoms with Gasteiger partial charge in [0.2, 0.25) is 12.1 Å². The molecule has 1 atom stereocenters. The van der Waals surface area contributed by atoms with Gasteiger partial charge in [-0.2, -0.15) is 5.10 Å². The average molecular weight is 258 g/mol. The van der Waals surface area contributed by atoms with Crippen LogP contribution in [0.25, 0.3) is 0 Å². The Morgan fingerprint density at radius 2 is 2.22 bits per heavy atom. The molecule has 0 aliphatic carbocycles. The summed E-state index contributed by atoms with van der Waals surface area (Å²) in [6, 6.07) is 0. The Kier molecular flexibility index (Phi) is 5.67. The molecule has 0 radical (unpaired) electrons. The van der Waals surface area contributed by atoms with Crippen molar-refractivity contribution >= 4 is 0 Å². The second-order valence-corrected chi connectivity index (χ2v) is 4.85. The highest BCUT2D eigenvalue weighted by molar-refractivity contribution is 4.82. The third kappa shape index (κ3) is 5.54. The SMILES string of the molecule is COC(O)c1ncn(CCNCOC(C)(C)C)n1. The Bertz CT molecular complexity index is 348. The smallest absolute Gasteiger partial charge is 0.218 e. The van der Waals surface area contributed by atoms with E-state index in [1.807, 2.05) is 20.8 Å². The summed E-state index contributed by atoms with van der Waals surface area (Å²) in [7, 11) is 1.40. The van der Waals surface area contributed by atoms with Gasteiger partial charge in [0.15, 0.2) is 0 Å². The lowest BCUT2D eigenvalue weighted by atomic mass is 10.2. The van der Waals surface area contributed by atoms with Crippen molar-refractivity contribution < 1.29 is 14.6 Å². The number of hydrogen-bond acceptors (Lipinski definition) is 6. The largest absolute Gasteiger partial charge is 0.362 e. The van der Waals surface area contributed by atoms with E-state index in [4.69, 9.17) is 9.47 Å². The molecule has 2 N–H and O–H groups in total. The molecule has 1 heterocycles. The highest BCUT2D eigenvalue weighted by Gasteiger charge is 2.11. The first kappa shape index (κ1) is 15.0. The number of rotatable bonds is 7. The van der Waals surface area contributed by atoms with Crippen molar-refractivity contribution in [2.24, 2.45) is 0 Å². The predicted octanol–water partition coefficient (Wildman–Crippen LogP) is 0.278. The second kappa shape index (κ2) is 6.79. The molecular weight excluding hydrogens is 236 g/mol. The summed E-state index contributed by atoms with van der Waals surface area (Å²) in [5, 5.41) is 16.6. The molecule has 1 rings (SSSR count). The van der Waals surface area contributed by atoms with Gasteiger partial charge >= 0.3 is 0 Å². The molecule has 0 amide bonds. The fourth-order valence-corrected chi connectivity index (χ4v) is 1.17. The summed E-state index contributed by atoms with van der Waals surface area (Å²) >= 11 is 0. The molecule has 0 saturated carbocycles. The summed E-state index contributed by atoms with van der Waals surface area (Å²) in [4.78, 5) is 3.94. The molecule has 0 aliphatic heterocycles. The fourth-order valence-electron chi connectivity index (χ4n) is 1.17. The van der Waals surface area contributed by atoms with Gasteiger partial charge in [-0.3, -0.25) is 10.00 Å². The summed E-state index contributed by atoms with van der Waals surface area (Å²) < 4.78 is 11.9. The molecule has 104 valence electrons. The van der Waals surface area contributed by atoms with Gasteiger partial charge in [-0.15, -0.1) is 0 Å².